The van der Waals surface area contributed by atoms with Crippen LogP contribution in [0.1, 0.15) is 0 Å². The van der Waals surface area contributed by atoms with E-state index in [9.17, 15) is 10.1 Å². The highest BCUT2D eigenvalue weighted by atomic mass is 35.5. The van der Waals surface area contributed by atoms with Gasteiger partial charge in [0.2, 0.25) is 0 Å². The van der Waals surface area contributed by atoms with Crippen LogP contribution in [-0.2, 0) is 0 Å². The first-order valence-corrected chi connectivity index (χ1v) is 6.58. The molecule has 0 amide bonds. The molecule has 98 valence electrons. The minimum Gasteiger partial charge on any atom is -0.383 e. The molecule has 0 fully saturated rings. The van der Waals surface area contributed by atoms with Crippen molar-refractivity contribution in [2.24, 2.45) is 0 Å². The molecule has 8 heteroatoms. The summed E-state index contributed by atoms with van der Waals surface area (Å²) in [5.74, 6) is 0.0942. The molecule has 1 heterocycles. The van der Waals surface area contributed by atoms with Gasteiger partial charge in [0.05, 0.1) is 21.0 Å². The zero-order chi connectivity index (χ0) is 14.0. The van der Waals surface area contributed by atoms with E-state index >= 15 is 0 Å². The topological polar surface area (TPSA) is 82.0 Å². The second kappa shape index (κ2) is 5.64. The third-order valence-electron chi connectivity index (χ3n) is 2.13. The van der Waals surface area contributed by atoms with Crippen LogP contribution >= 0.6 is 35.0 Å². The summed E-state index contributed by atoms with van der Waals surface area (Å²) < 4.78 is 0. The van der Waals surface area contributed by atoms with Crippen molar-refractivity contribution in [2.75, 3.05) is 5.73 Å². The molecule has 2 N–H and O–H groups in total. The molecule has 19 heavy (non-hydrogen) atoms. The molecule has 2 aromatic rings. The zero-order valence-electron chi connectivity index (χ0n) is 9.34. The van der Waals surface area contributed by atoms with Crippen LogP contribution in [0.15, 0.2) is 40.3 Å². The van der Waals surface area contributed by atoms with E-state index in [2.05, 4.69) is 4.98 Å². The van der Waals surface area contributed by atoms with E-state index in [4.69, 9.17) is 28.9 Å². The van der Waals surface area contributed by atoms with Crippen molar-refractivity contribution in [3.63, 3.8) is 0 Å². The van der Waals surface area contributed by atoms with Gasteiger partial charge in [-0.05, 0) is 18.2 Å². The number of hydrogen-bond acceptors (Lipinski definition) is 5. The quantitative estimate of drug-likeness (QED) is 0.683. The molecule has 0 atom stereocenters. The highest BCUT2D eigenvalue weighted by Crippen LogP contribution is 2.33. The first-order valence-electron chi connectivity index (χ1n) is 5.00. The van der Waals surface area contributed by atoms with Crippen molar-refractivity contribution in [1.29, 1.82) is 0 Å². The van der Waals surface area contributed by atoms with Gasteiger partial charge in [-0.3, -0.25) is 10.1 Å². The summed E-state index contributed by atoms with van der Waals surface area (Å²) >= 11 is 12.9. The average Bonchev–Trinajstić information content (AvgIpc) is 2.33. The lowest BCUT2D eigenvalue weighted by atomic mass is 10.4. The van der Waals surface area contributed by atoms with E-state index in [0.29, 0.717) is 15.1 Å². The molecule has 1 aromatic carbocycles. The van der Waals surface area contributed by atoms with Crippen LogP contribution in [0.4, 0.5) is 11.5 Å². The lowest BCUT2D eigenvalue weighted by Gasteiger charge is -2.03. The van der Waals surface area contributed by atoms with Gasteiger partial charge in [0, 0.05) is 11.0 Å². The smallest absolute Gasteiger partial charge is 0.275 e. The second-order valence-corrected chi connectivity index (χ2v) is 5.43. The number of nitro groups is 1. The van der Waals surface area contributed by atoms with Crippen LogP contribution in [0.2, 0.25) is 10.0 Å². The highest BCUT2D eigenvalue weighted by molar-refractivity contribution is 7.99. The molecule has 0 radical (unpaired) electrons. The van der Waals surface area contributed by atoms with Gasteiger partial charge in [0.1, 0.15) is 10.8 Å². The summed E-state index contributed by atoms with van der Waals surface area (Å²) in [4.78, 5) is 15.0. The largest absolute Gasteiger partial charge is 0.383 e. The van der Waals surface area contributed by atoms with E-state index in [1.165, 1.54) is 23.9 Å². The van der Waals surface area contributed by atoms with Gasteiger partial charge in [-0.25, -0.2) is 4.98 Å². The number of halogens is 2. The van der Waals surface area contributed by atoms with Gasteiger partial charge < -0.3 is 5.73 Å². The fourth-order valence-corrected chi connectivity index (χ4v) is 2.58. The summed E-state index contributed by atoms with van der Waals surface area (Å²) in [6.45, 7) is 0. The SMILES string of the molecule is Nc1cc([N+](=O)[O-])cc(Sc2ccc(Cl)c(Cl)c2)n1. The van der Waals surface area contributed by atoms with Crippen LogP contribution in [0.3, 0.4) is 0 Å². The number of aromatic nitrogens is 1. The Morgan fingerprint density at radius 1 is 1.21 bits per heavy atom. The molecule has 0 spiro atoms. The fourth-order valence-electron chi connectivity index (χ4n) is 1.33. The fraction of sp³-hybridized carbons (Fsp3) is 0. The molecule has 0 unspecified atom stereocenters. The third-order valence-corrected chi connectivity index (χ3v) is 3.78. The second-order valence-electron chi connectivity index (χ2n) is 3.52. The van der Waals surface area contributed by atoms with Crippen molar-refractivity contribution in [2.45, 2.75) is 9.92 Å². The van der Waals surface area contributed by atoms with Gasteiger partial charge in [-0.1, -0.05) is 35.0 Å². The van der Waals surface area contributed by atoms with Gasteiger partial charge >= 0.3 is 0 Å². The maximum Gasteiger partial charge on any atom is 0.275 e. The number of hydrogen-bond donors (Lipinski definition) is 1. The lowest BCUT2D eigenvalue weighted by Crippen LogP contribution is -1.95. The predicted octanol–water partition coefficient (Wildman–Crippen LogP) is 4.03. The van der Waals surface area contributed by atoms with E-state index in [-0.39, 0.29) is 11.5 Å². The van der Waals surface area contributed by atoms with Gasteiger partial charge in [0.15, 0.2) is 0 Å². The Hall–Kier alpha value is -1.50. The van der Waals surface area contributed by atoms with E-state index in [1.807, 2.05) is 0 Å². The van der Waals surface area contributed by atoms with Crippen LogP contribution < -0.4 is 5.73 Å². The standard InChI is InChI=1S/C11H7Cl2N3O2S/c12-8-2-1-7(5-9(8)13)19-11-4-6(16(17)18)3-10(14)15-11/h1-5H,(H2,14,15). The minimum atomic E-state index is -0.517. The predicted molar refractivity (Wildman–Crippen MR) is 75.9 cm³/mol. The number of nitrogens with zero attached hydrogens (tertiary/aromatic N) is 2. The molecular weight excluding hydrogens is 309 g/mol. The molecule has 0 bridgehead atoms. The first-order chi connectivity index (χ1) is 8.95. The summed E-state index contributed by atoms with van der Waals surface area (Å²) in [5, 5.41) is 12.0. The van der Waals surface area contributed by atoms with E-state index < -0.39 is 4.92 Å². The summed E-state index contributed by atoms with van der Waals surface area (Å²) in [6.07, 6.45) is 0. The summed E-state index contributed by atoms with van der Waals surface area (Å²) in [5.41, 5.74) is 5.43. The third kappa shape index (κ3) is 3.50. The molecule has 0 saturated heterocycles. The molecular formula is C11H7Cl2N3O2S. The number of pyridine rings is 1. The Balaban J connectivity index is 2.32. The number of rotatable bonds is 3. The van der Waals surface area contributed by atoms with Crippen molar-refractivity contribution in [3.05, 3.63) is 50.5 Å². The molecule has 0 saturated carbocycles. The van der Waals surface area contributed by atoms with Crippen LogP contribution in [0, 0.1) is 10.1 Å². The van der Waals surface area contributed by atoms with E-state index in [0.717, 1.165) is 4.90 Å². The minimum absolute atomic E-state index is 0.0942. The Bertz CT molecular complexity index is 652. The molecule has 0 aliphatic rings. The Morgan fingerprint density at radius 3 is 2.58 bits per heavy atom. The zero-order valence-corrected chi connectivity index (χ0v) is 11.7. The number of nitrogen functional groups attached to an aromatic ring is 1. The maximum absolute atomic E-state index is 10.7. The molecule has 5 nitrogen and oxygen atoms in total. The lowest BCUT2D eigenvalue weighted by molar-refractivity contribution is -0.385. The Morgan fingerprint density at radius 2 is 1.95 bits per heavy atom. The van der Waals surface area contributed by atoms with Gasteiger partial charge in [-0.15, -0.1) is 0 Å². The molecule has 2 rings (SSSR count). The van der Waals surface area contributed by atoms with Gasteiger partial charge in [-0.2, -0.15) is 0 Å². The van der Waals surface area contributed by atoms with Crippen molar-refractivity contribution < 1.29 is 4.92 Å². The number of benzene rings is 1. The van der Waals surface area contributed by atoms with Crippen LogP contribution in [0.5, 0.6) is 0 Å². The van der Waals surface area contributed by atoms with Gasteiger partial charge in [0.25, 0.3) is 5.69 Å². The Labute approximate surface area is 122 Å². The van der Waals surface area contributed by atoms with E-state index in [1.54, 1.807) is 18.2 Å². The number of nitrogens with two attached hydrogens (primary N) is 1. The molecule has 0 aliphatic carbocycles. The highest BCUT2D eigenvalue weighted by Gasteiger charge is 2.11. The normalized spacial score (nSPS) is 10.4. The first kappa shape index (κ1) is 13.9. The van der Waals surface area contributed by atoms with Crippen LogP contribution in [-0.4, -0.2) is 9.91 Å². The molecule has 1 aromatic heterocycles. The molecule has 0 aliphatic heterocycles. The summed E-state index contributed by atoms with van der Waals surface area (Å²) in [7, 11) is 0. The average molecular weight is 316 g/mol. The maximum atomic E-state index is 10.7. The Kier molecular flexibility index (Phi) is 4.14. The summed E-state index contributed by atoms with van der Waals surface area (Å²) in [6, 6.07) is 7.61. The number of anilines is 1. The van der Waals surface area contributed by atoms with Crippen molar-refractivity contribution in [3.8, 4) is 0 Å². The van der Waals surface area contributed by atoms with Crippen molar-refractivity contribution in [1.82, 2.24) is 4.98 Å². The monoisotopic (exact) mass is 315 g/mol. The van der Waals surface area contributed by atoms with Crippen LogP contribution in [0.25, 0.3) is 0 Å². The van der Waals surface area contributed by atoms with Crippen molar-refractivity contribution >= 4 is 46.5 Å².